The minimum Gasteiger partial charge on any atom is -0.322 e. The van der Waals surface area contributed by atoms with E-state index in [-0.39, 0.29) is 0 Å². The molecular formula is C10H14F2N2. The first-order valence-electron chi connectivity index (χ1n) is 4.47. The van der Waals surface area contributed by atoms with Gasteiger partial charge in [0, 0.05) is 24.7 Å². The van der Waals surface area contributed by atoms with Crippen molar-refractivity contribution >= 4 is 0 Å². The lowest BCUT2D eigenvalue weighted by atomic mass is 9.94. The van der Waals surface area contributed by atoms with Crippen molar-refractivity contribution in [2.24, 2.45) is 5.73 Å². The summed E-state index contributed by atoms with van der Waals surface area (Å²) < 4.78 is 25.8. The maximum absolute atomic E-state index is 12.9. The summed E-state index contributed by atoms with van der Waals surface area (Å²) in [6.45, 7) is 2.49. The number of hydrogen-bond acceptors (Lipinski definition) is 2. The first kappa shape index (κ1) is 11.0. The third-order valence-electron chi connectivity index (χ3n) is 2.28. The zero-order chi connectivity index (χ0) is 10.8. The highest BCUT2D eigenvalue weighted by Gasteiger charge is 2.35. The molecule has 4 heteroatoms. The van der Waals surface area contributed by atoms with Gasteiger partial charge in [0.05, 0.1) is 6.04 Å². The second kappa shape index (κ2) is 4.00. The van der Waals surface area contributed by atoms with Crippen LogP contribution in [0.1, 0.15) is 25.5 Å². The van der Waals surface area contributed by atoms with Crippen LogP contribution in [0.25, 0.3) is 0 Å². The summed E-state index contributed by atoms with van der Waals surface area (Å²) in [7, 11) is 0. The smallest absolute Gasteiger partial charge is 0.260 e. The van der Waals surface area contributed by atoms with Crippen LogP contribution in [-0.4, -0.2) is 16.9 Å². The fraction of sp³-hybridized carbons (Fsp3) is 0.500. The molecule has 0 aliphatic rings. The van der Waals surface area contributed by atoms with Gasteiger partial charge in [-0.1, -0.05) is 13.0 Å². The number of aromatic nitrogens is 1. The number of halogens is 2. The van der Waals surface area contributed by atoms with E-state index in [0.717, 1.165) is 6.92 Å². The highest BCUT2D eigenvalue weighted by molar-refractivity contribution is 5.12. The molecule has 1 heterocycles. The molecule has 0 bridgehead atoms. The first-order valence-corrected chi connectivity index (χ1v) is 4.47. The SMILES string of the molecule is CC(c1ccccn1)C(N)C(C)(F)F. The number of alkyl halides is 2. The summed E-state index contributed by atoms with van der Waals surface area (Å²) in [6.07, 6.45) is 1.58. The van der Waals surface area contributed by atoms with Crippen molar-refractivity contribution in [3.63, 3.8) is 0 Å². The maximum Gasteiger partial charge on any atom is 0.260 e. The lowest BCUT2D eigenvalue weighted by Gasteiger charge is -2.24. The summed E-state index contributed by atoms with van der Waals surface area (Å²) in [5.41, 5.74) is 6.03. The fourth-order valence-corrected chi connectivity index (χ4v) is 1.27. The number of hydrogen-bond donors (Lipinski definition) is 1. The largest absolute Gasteiger partial charge is 0.322 e. The van der Waals surface area contributed by atoms with Gasteiger partial charge in [-0.3, -0.25) is 4.98 Å². The summed E-state index contributed by atoms with van der Waals surface area (Å²) in [5, 5.41) is 0. The number of nitrogens with two attached hydrogens (primary N) is 1. The van der Waals surface area contributed by atoms with Crippen LogP contribution in [0.2, 0.25) is 0 Å². The van der Waals surface area contributed by atoms with E-state index >= 15 is 0 Å². The van der Waals surface area contributed by atoms with Crippen LogP contribution in [0.15, 0.2) is 24.4 Å². The van der Waals surface area contributed by atoms with Gasteiger partial charge in [-0.25, -0.2) is 8.78 Å². The van der Waals surface area contributed by atoms with Crippen molar-refractivity contribution in [3.8, 4) is 0 Å². The van der Waals surface area contributed by atoms with Gasteiger partial charge < -0.3 is 5.73 Å². The molecule has 1 rings (SSSR count). The summed E-state index contributed by atoms with van der Waals surface area (Å²) in [5.74, 6) is -3.33. The number of rotatable bonds is 3. The lowest BCUT2D eigenvalue weighted by Crippen LogP contribution is -2.42. The Morgan fingerprint density at radius 3 is 2.50 bits per heavy atom. The molecule has 0 saturated heterocycles. The van der Waals surface area contributed by atoms with E-state index < -0.39 is 17.9 Å². The van der Waals surface area contributed by atoms with Crippen LogP contribution in [-0.2, 0) is 0 Å². The number of nitrogens with zero attached hydrogens (tertiary/aromatic N) is 1. The Hall–Kier alpha value is -1.03. The molecule has 2 nitrogen and oxygen atoms in total. The molecule has 0 aliphatic heterocycles. The second-order valence-electron chi connectivity index (χ2n) is 3.53. The van der Waals surface area contributed by atoms with E-state index in [1.807, 2.05) is 0 Å². The zero-order valence-corrected chi connectivity index (χ0v) is 8.24. The van der Waals surface area contributed by atoms with E-state index in [0.29, 0.717) is 5.69 Å². The first-order chi connectivity index (χ1) is 6.43. The van der Waals surface area contributed by atoms with Crippen LogP contribution in [0.4, 0.5) is 8.78 Å². The van der Waals surface area contributed by atoms with Crippen LogP contribution in [0.5, 0.6) is 0 Å². The molecule has 0 radical (unpaired) electrons. The minimum atomic E-state index is -2.88. The predicted molar refractivity (Wildman–Crippen MR) is 51.2 cm³/mol. The molecular weight excluding hydrogens is 186 g/mol. The predicted octanol–water partition coefficient (Wildman–Crippen LogP) is 2.17. The Morgan fingerprint density at radius 2 is 2.07 bits per heavy atom. The highest BCUT2D eigenvalue weighted by Crippen LogP contribution is 2.27. The minimum absolute atomic E-state index is 0.448. The Labute approximate surface area is 82.1 Å². The zero-order valence-electron chi connectivity index (χ0n) is 8.24. The molecule has 0 aromatic carbocycles. The van der Waals surface area contributed by atoms with Crippen LogP contribution in [0.3, 0.4) is 0 Å². The second-order valence-corrected chi connectivity index (χ2v) is 3.53. The van der Waals surface area contributed by atoms with Gasteiger partial charge in [0.1, 0.15) is 0 Å². The van der Waals surface area contributed by atoms with Gasteiger partial charge >= 0.3 is 0 Å². The summed E-state index contributed by atoms with van der Waals surface area (Å²) in [6, 6.07) is 4.01. The van der Waals surface area contributed by atoms with E-state index in [1.54, 1.807) is 31.3 Å². The molecule has 1 aromatic rings. The molecule has 0 aliphatic carbocycles. The van der Waals surface area contributed by atoms with Crippen molar-refractivity contribution in [1.82, 2.24) is 4.98 Å². The highest BCUT2D eigenvalue weighted by atomic mass is 19.3. The van der Waals surface area contributed by atoms with Gasteiger partial charge in [0.2, 0.25) is 0 Å². The van der Waals surface area contributed by atoms with E-state index in [1.165, 1.54) is 0 Å². The van der Waals surface area contributed by atoms with Gasteiger partial charge in [-0.05, 0) is 12.1 Å². The third kappa shape index (κ3) is 2.48. The molecule has 78 valence electrons. The molecule has 0 spiro atoms. The molecule has 2 atom stereocenters. The van der Waals surface area contributed by atoms with Crippen LogP contribution >= 0.6 is 0 Å². The summed E-state index contributed by atoms with van der Waals surface area (Å²) >= 11 is 0. The van der Waals surface area contributed by atoms with E-state index in [4.69, 9.17) is 5.73 Å². The molecule has 0 fully saturated rings. The van der Waals surface area contributed by atoms with E-state index in [2.05, 4.69) is 4.98 Å². The molecule has 0 saturated carbocycles. The van der Waals surface area contributed by atoms with Crippen molar-refractivity contribution in [2.45, 2.75) is 31.7 Å². The topological polar surface area (TPSA) is 38.9 Å². The molecule has 14 heavy (non-hydrogen) atoms. The maximum atomic E-state index is 12.9. The normalized spacial score (nSPS) is 16.4. The third-order valence-corrected chi connectivity index (χ3v) is 2.28. The van der Waals surface area contributed by atoms with Crippen molar-refractivity contribution < 1.29 is 8.78 Å². The lowest BCUT2D eigenvalue weighted by molar-refractivity contribution is -0.0126. The Kier molecular flexibility index (Phi) is 3.16. The van der Waals surface area contributed by atoms with Crippen molar-refractivity contribution in [3.05, 3.63) is 30.1 Å². The van der Waals surface area contributed by atoms with Crippen molar-refractivity contribution in [1.29, 1.82) is 0 Å². The summed E-state index contributed by atoms with van der Waals surface area (Å²) in [4.78, 5) is 4.00. The fourth-order valence-electron chi connectivity index (χ4n) is 1.27. The molecule has 2 N–H and O–H groups in total. The number of pyridine rings is 1. The molecule has 1 aromatic heterocycles. The molecule has 0 amide bonds. The average molecular weight is 200 g/mol. The van der Waals surface area contributed by atoms with Gasteiger partial charge in [-0.2, -0.15) is 0 Å². The Balaban J connectivity index is 2.81. The Bertz CT molecular complexity index is 282. The quantitative estimate of drug-likeness (QED) is 0.812. The van der Waals surface area contributed by atoms with Crippen LogP contribution < -0.4 is 5.73 Å². The van der Waals surface area contributed by atoms with Gasteiger partial charge in [0.15, 0.2) is 0 Å². The molecule has 2 unspecified atom stereocenters. The monoisotopic (exact) mass is 200 g/mol. The van der Waals surface area contributed by atoms with Crippen molar-refractivity contribution in [2.75, 3.05) is 0 Å². The average Bonchev–Trinajstić information content (AvgIpc) is 2.15. The van der Waals surface area contributed by atoms with E-state index in [9.17, 15) is 8.78 Å². The van der Waals surface area contributed by atoms with Gasteiger partial charge in [-0.15, -0.1) is 0 Å². The standard InChI is InChI=1S/C10H14F2N2/c1-7(9(13)10(2,11)12)8-5-3-4-6-14-8/h3-7,9H,13H2,1-2H3. The van der Waals surface area contributed by atoms with Crippen LogP contribution in [0, 0.1) is 0 Å². The Morgan fingerprint density at radius 1 is 1.43 bits per heavy atom. The van der Waals surface area contributed by atoms with Gasteiger partial charge in [0.25, 0.3) is 5.92 Å².